The molecule has 0 spiro atoms. The highest BCUT2D eigenvalue weighted by atomic mass is 35.5. The van der Waals surface area contributed by atoms with Crippen LogP contribution in [0.1, 0.15) is 54.5 Å². The average molecular weight is 559 g/mol. The second-order valence-electron chi connectivity index (χ2n) is 9.46. The van der Waals surface area contributed by atoms with Gasteiger partial charge < -0.3 is 17.3 Å². The van der Waals surface area contributed by atoms with Crippen molar-refractivity contribution in [3.8, 4) is 0 Å². The van der Waals surface area contributed by atoms with Gasteiger partial charge in [-0.15, -0.1) is 0 Å². The van der Waals surface area contributed by atoms with Crippen LogP contribution in [0.5, 0.6) is 0 Å². The quantitative estimate of drug-likeness (QED) is 0.195. The van der Waals surface area contributed by atoms with Gasteiger partial charge in [0, 0.05) is 23.6 Å². The lowest BCUT2D eigenvalue weighted by molar-refractivity contribution is -0.665. The van der Waals surface area contributed by atoms with E-state index in [4.69, 9.17) is 0 Å². The summed E-state index contributed by atoms with van der Waals surface area (Å²) in [4.78, 5) is 3.83. The van der Waals surface area contributed by atoms with Crippen molar-refractivity contribution in [2.24, 2.45) is 0 Å². The minimum atomic E-state index is 0. The van der Waals surface area contributed by atoms with E-state index < -0.39 is 0 Å². The molecule has 0 N–H and O–H groups in total. The topological polar surface area (TPSA) is 7.12 Å². The average Bonchev–Trinajstić information content (AvgIpc) is 3.43. The van der Waals surface area contributed by atoms with Crippen molar-refractivity contribution in [3.05, 3.63) is 105 Å². The predicted molar refractivity (Wildman–Crippen MR) is 164 cm³/mol. The number of anilines is 1. The molecule has 0 saturated heterocycles. The molecule has 0 unspecified atom stereocenters. The summed E-state index contributed by atoms with van der Waals surface area (Å²) in [5, 5.41) is 2.64. The Balaban J connectivity index is 0.00000336. The van der Waals surface area contributed by atoms with Gasteiger partial charge in [-0.3, -0.25) is 0 Å². The smallest absolute Gasteiger partial charge is 0.263 e. The maximum Gasteiger partial charge on any atom is 0.263 e. The third-order valence-electron chi connectivity index (χ3n) is 7.03. The molecule has 2 heterocycles. The Morgan fingerprint density at radius 1 is 0.895 bits per heavy atom. The molecule has 0 atom stereocenters. The van der Waals surface area contributed by atoms with Gasteiger partial charge in [-0.25, -0.2) is 0 Å². The summed E-state index contributed by atoms with van der Waals surface area (Å²) in [6.45, 7) is 13.1. The molecule has 0 radical (unpaired) electrons. The van der Waals surface area contributed by atoms with Crippen molar-refractivity contribution >= 4 is 57.2 Å². The number of thiazole rings is 1. The predicted octanol–water partition coefficient (Wildman–Crippen LogP) is 6.27. The van der Waals surface area contributed by atoms with Crippen molar-refractivity contribution < 1.29 is 17.0 Å². The molecular formula is C33H35ClN2S2. The zero-order valence-corrected chi connectivity index (χ0v) is 25.2. The first-order valence-electron chi connectivity index (χ1n) is 13.2. The summed E-state index contributed by atoms with van der Waals surface area (Å²) in [6.07, 6.45) is 10.2. The summed E-state index contributed by atoms with van der Waals surface area (Å²) in [5.41, 5.74) is 9.19. The summed E-state index contributed by atoms with van der Waals surface area (Å²) in [6, 6.07) is 22.0. The molecule has 1 aromatic heterocycles. The monoisotopic (exact) mass is 558 g/mol. The van der Waals surface area contributed by atoms with Gasteiger partial charge in [0.15, 0.2) is 0 Å². The maximum absolute atomic E-state index is 2.46. The van der Waals surface area contributed by atoms with Crippen LogP contribution in [-0.2, 0) is 6.54 Å². The number of thioether (sulfide) groups is 1. The Labute approximate surface area is 241 Å². The third kappa shape index (κ3) is 5.78. The van der Waals surface area contributed by atoms with Crippen molar-refractivity contribution in [2.75, 3.05) is 11.4 Å². The number of allylic oxidation sites excluding steroid dienone is 2. The Bertz CT molecular complexity index is 1530. The van der Waals surface area contributed by atoms with Crippen LogP contribution in [0.15, 0.2) is 82.2 Å². The van der Waals surface area contributed by atoms with Gasteiger partial charge in [-0.2, -0.15) is 4.57 Å². The Morgan fingerprint density at radius 3 is 2.34 bits per heavy atom. The number of aryl methyl sites for hydroxylation is 3. The lowest BCUT2D eigenvalue weighted by atomic mass is 10.1. The van der Waals surface area contributed by atoms with E-state index in [1.165, 1.54) is 58.7 Å². The van der Waals surface area contributed by atoms with Gasteiger partial charge in [0.05, 0.1) is 10.7 Å². The maximum atomic E-state index is 2.46. The first-order chi connectivity index (χ1) is 18.0. The number of aromatic nitrogens is 1. The number of rotatable bonds is 7. The van der Waals surface area contributed by atoms with Crippen LogP contribution >= 0.6 is 23.1 Å². The molecule has 0 saturated carbocycles. The van der Waals surface area contributed by atoms with Gasteiger partial charge in [-0.05, 0) is 92.3 Å². The van der Waals surface area contributed by atoms with E-state index in [-0.39, 0.29) is 12.4 Å². The number of hydrogen-bond donors (Lipinski definition) is 0. The molecule has 0 fully saturated rings. The molecule has 38 heavy (non-hydrogen) atoms. The van der Waals surface area contributed by atoms with Crippen LogP contribution in [-0.4, -0.2) is 6.54 Å². The summed E-state index contributed by atoms with van der Waals surface area (Å²) in [7, 11) is 0. The summed E-state index contributed by atoms with van der Waals surface area (Å²) >= 11 is 3.79. The minimum Gasteiger partial charge on any atom is -1.00 e. The van der Waals surface area contributed by atoms with Crippen molar-refractivity contribution in [1.29, 1.82) is 0 Å². The van der Waals surface area contributed by atoms with Gasteiger partial charge in [0.2, 0.25) is 5.52 Å². The first kappa shape index (κ1) is 28.2. The zero-order chi connectivity index (χ0) is 25.9. The van der Waals surface area contributed by atoms with E-state index in [0.29, 0.717) is 0 Å². The van der Waals surface area contributed by atoms with E-state index in [1.807, 2.05) is 23.1 Å². The van der Waals surface area contributed by atoms with Crippen LogP contribution in [0.4, 0.5) is 5.69 Å². The van der Waals surface area contributed by atoms with E-state index in [2.05, 4.69) is 129 Å². The summed E-state index contributed by atoms with van der Waals surface area (Å²) < 4.78 is 3.77. The van der Waals surface area contributed by atoms with Crippen LogP contribution in [0.3, 0.4) is 0 Å². The lowest BCUT2D eigenvalue weighted by Gasteiger charge is -2.19. The van der Waals surface area contributed by atoms with E-state index in [0.717, 1.165) is 19.5 Å². The van der Waals surface area contributed by atoms with Crippen LogP contribution < -0.4 is 21.9 Å². The van der Waals surface area contributed by atoms with Gasteiger partial charge >= 0.3 is 0 Å². The minimum absolute atomic E-state index is 0. The Kier molecular flexibility index (Phi) is 9.19. The molecule has 2 nitrogen and oxygen atoms in total. The molecule has 0 aliphatic carbocycles. The molecule has 3 aromatic carbocycles. The van der Waals surface area contributed by atoms with Crippen molar-refractivity contribution in [3.63, 3.8) is 0 Å². The molecule has 1 aliphatic heterocycles. The standard InChI is InChI=1S/C33H35N2S2.ClH/c1-6-25(22-33-35(8-3)29-18-23(4)24(5)19-30(29)36-33)21-32-34(7-2)28-17-16-27(20-31(28)37-32)15-14-26-12-10-9-11-13-26;/h9-22H,6-8H2,1-5H3;1H/q+1;/p-1/b15-14+;. The number of hydrogen-bond acceptors (Lipinski definition) is 3. The van der Waals surface area contributed by atoms with E-state index in [1.54, 1.807) is 0 Å². The Hall–Kier alpha value is -2.79. The molecule has 5 heteroatoms. The van der Waals surface area contributed by atoms with Gasteiger partial charge in [0.1, 0.15) is 11.2 Å². The molecule has 1 aliphatic rings. The number of benzene rings is 3. The van der Waals surface area contributed by atoms with E-state index in [9.17, 15) is 0 Å². The highest BCUT2D eigenvalue weighted by Crippen LogP contribution is 2.47. The first-order valence-corrected chi connectivity index (χ1v) is 14.8. The fraction of sp³-hybridized carbons (Fsp3) is 0.242. The van der Waals surface area contributed by atoms with Crippen LogP contribution in [0.2, 0.25) is 0 Å². The molecule has 0 amide bonds. The van der Waals surface area contributed by atoms with Crippen LogP contribution in [0, 0.1) is 13.8 Å². The van der Waals surface area contributed by atoms with Crippen molar-refractivity contribution in [2.45, 2.75) is 52.5 Å². The number of nitrogens with zero attached hydrogens (tertiary/aromatic N) is 2. The molecule has 0 bridgehead atoms. The summed E-state index contributed by atoms with van der Waals surface area (Å²) in [5.74, 6) is 0. The fourth-order valence-corrected chi connectivity index (χ4v) is 7.30. The SMILES string of the molecule is CCC(=C/c1sc2cc(/C=C/c3ccccc3)ccc2[n+]1CC)/C=C1/Sc2cc(C)c(C)cc2N1CC.[Cl-]. The lowest BCUT2D eigenvalue weighted by Crippen LogP contribution is -3.00. The molecule has 5 rings (SSSR count). The normalized spacial score (nSPS) is 14.5. The third-order valence-corrected chi connectivity index (χ3v) is 9.22. The number of fused-ring (bicyclic) bond motifs is 2. The van der Waals surface area contributed by atoms with Gasteiger partial charge in [-0.1, -0.05) is 72.5 Å². The molecule has 4 aromatic rings. The van der Waals surface area contributed by atoms with Crippen molar-refractivity contribution in [1.82, 2.24) is 0 Å². The van der Waals surface area contributed by atoms with Crippen LogP contribution in [0.25, 0.3) is 28.4 Å². The Morgan fingerprint density at radius 2 is 1.63 bits per heavy atom. The highest BCUT2D eigenvalue weighted by molar-refractivity contribution is 8.03. The van der Waals surface area contributed by atoms with E-state index >= 15 is 0 Å². The largest absolute Gasteiger partial charge is 1.00 e. The van der Waals surface area contributed by atoms with Gasteiger partial charge in [0.25, 0.3) is 5.01 Å². The number of halogens is 1. The highest BCUT2D eigenvalue weighted by Gasteiger charge is 2.25. The second-order valence-corrected chi connectivity index (χ2v) is 11.6. The molecular weight excluding hydrogens is 524 g/mol. The fourth-order valence-electron chi connectivity index (χ4n) is 4.77. The zero-order valence-electron chi connectivity index (χ0n) is 22.8. The molecule has 196 valence electrons. The second kappa shape index (κ2) is 12.4.